The van der Waals surface area contributed by atoms with Crippen molar-refractivity contribution in [3.05, 3.63) is 23.8 Å². The minimum absolute atomic E-state index is 0.343. The summed E-state index contributed by atoms with van der Waals surface area (Å²) in [6, 6.07) is 5.83. The van der Waals surface area contributed by atoms with Gasteiger partial charge in [0.2, 0.25) is 0 Å². The number of methoxy groups -OCH3 is 2. The second-order valence-electron chi connectivity index (χ2n) is 5.13. The molecule has 0 N–H and O–H groups in total. The highest BCUT2D eigenvalue weighted by atomic mass is 16.5. The van der Waals surface area contributed by atoms with Crippen LogP contribution in [0.4, 0.5) is 0 Å². The van der Waals surface area contributed by atoms with Crippen LogP contribution in [0.3, 0.4) is 0 Å². The molecule has 0 amide bonds. The van der Waals surface area contributed by atoms with E-state index in [2.05, 4.69) is 18.1 Å². The van der Waals surface area contributed by atoms with Gasteiger partial charge in [0.1, 0.15) is 11.5 Å². The lowest BCUT2D eigenvalue weighted by Crippen LogP contribution is -2.23. The molecule has 2 atom stereocenters. The lowest BCUT2D eigenvalue weighted by Gasteiger charge is -2.24. The molecular weight excluding hydrogens is 254 g/mol. The first kappa shape index (κ1) is 14.9. The highest BCUT2D eigenvalue weighted by Gasteiger charge is 2.17. The highest BCUT2D eigenvalue weighted by Crippen LogP contribution is 2.25. The summed E-state index contributed by atoms with van der Waals surface area (Å²) in [5.74, 6) is 2.15. The third kappa shape index (κ3) is 3.97. The summed E-state index contributed by atoms with van der Waals surface area (Å²) in [4.78, 5) is 4.56. The van der Waals surface area contributed by atoms with Gasteiger partial charge in [-0.2, -0.15) is 0 Å². The monoisotopic (exact) mass is 277 g/mol. The maximum absolute atomic E-state index is 5.54. The van der Waals surface area contributed by atoms with Crippen molar-refractivity contribution < 1.29 is 14.2 Å². The third-order valence-electron chi connectivity index (χ3n) is 3.60. The molecule has 1 aromatic rings. The van der Waals surface area contributed by atoms with Crippen LogP contribution < -0.4 is 9.47 Å². The largest absolute Gasteiger partial charge is 0.497 e. The second-order valence-corrected chi connectivity index (χ2v) is 5.13. The number of benzene rings is 1. The Kier molecular flexibility index (Phi) is 5.41. The lowest BCUT2D eigenvalue weighted by molar-refractivity contribution is 0.0170. The van der Waals surface area contributed by atoms with Gasteiger partial charge in [0, 0.05) is 24.5 Å². The van der Waals surface area contributed by atoms with Gasteiger partial charge in [-0.05, 0) is 37.8 Å². The molecule has 1 aliphatic heterocycles. The van der Waals surface area contributed by atoms with Crippen LogP contribution in [0.5, 0.6) is 11.5 Å². The molecule has 1 aromatic carbocycles. The molecule has 2 rings (SSSR count). The van der Waals surface area contributed by atoms with E-state index in [9.17, 15) is 0 Å². The number of nitrogens with zero attached hydrogens (tertiary/aromatic N) is 1. The molecule has 4 heteroatoms. The average molecular weight is 277 g/mol. The first-order valence-electron chi connectivity index (χ1n) is 7.05. The van der Waals surface area contributed by atoms with E-state index in [1.165, 1.54) is 0 Å². The molecule has 1 heterocycles. The zero-order valence-corrected chi connectivity index (χ0v) is 12.5. The number of hydrogen-bond acceptors (Lipinski definition) is 4. The van der Waals surface area contributed by atoms with Crippen LogP contribution >= 0.6 is 0 Å². The van der Waals surface area contributed by atoms with Crippen LogP contribution in [0.2, 0.25) is 0 Å². The van der Waals surface area contributed by atoms with E-state index < -0.39 is 0 Å². The Morgan fingerprint density at radius 1 is 1.35 bits per heavy atom. The Balaban J connectivity index is 1.96. The van der Waals surface area contributed by atoms with Crippen molar-refractivity contribution in [3.8, 4) is 11.5 Å². The summed E-state index contributed by atoms with van der Waals surface area (Å²) in [7, 11) is 3.32. The predicted molar refractivity (Wildman–Crippen MR) is 79.9 cm³/mol. The van der Waals surface area contributed by atoms with Gasteiger partial charge >= 0.3 is 0 Å². The van der Waals surface area contributed by atoms with E-state index in [0.29, 0.717) is 18.6 Å². The smallest absolute Gasteiger partial charge is 0.127 e. The minimum atomic E-state index is 0.343. The van der Waals surface area contributed by atoms with Gasteiger partial charge in [-0.25, -0.2) is 0 Å². The highest BCUT2D eigenvalue weighted by molar-refractivity contribution is 5.61. The fourth-order valence-electron chi connectivity index (χ4n) is 2.45. The van der Waals surface area contributed by atoms with E-state index in [1.54, 1.807) is 14.2 Å². The summed E-state index contributed by atoms with van der Waals surface area (Å²) in [5.41, 5.74) is 1.07. The second kappa shape index (κ2) is 7.29. The van der Waals surface area contributed by atoms with E-state index in [-0.39, 0.29) is 0 Å². The molecule has 1 aliphatic rings. The zero-order chi connectivity index (χ0) is 14.4. The average Bonchev–Trinajstić information content (AvgIpc) is 2.47. The molecule has 0 spiro atoms. The normalized spacial score (nSPS) is 22.9. The van der Waals surface area contributed by atoms with Gasteiger partial charge in [-0.1, -0.05) is 0 Å². The summed E-state index contributed by atoms with van der Waals surface area (Å²) in [6.07, 6.45) is 4.54. The molecule has 1 unspecified atom stereocenters. The van der Waals surface area contributed by atoms with Gasteiger partial charge in [0.25, 0.3) is 0 Å². The van der Waals surface area contributed by atoms with Crippen LogP contribution in [0.25, 0.3) is 0 Å². The van der Waals surface area contributed by atoms with Crippen molar-refractivity contribution in [2.24, 2.45) is 10.9 Å². The topological polar surface area (TPSA) is 40.0 Å². The number of hydrogen-bond donors (Lipinski definition) is 0. The SMILES string of the molecule is COc1ccc(CN=CC2CCO[C@H](C)C2)c(OC)c1. The van der Waals surface area contributed by atoms with Crippen molar-refractivity contribution in [2.45, 2.75) is 32.4 Å². The van der Waals surface area contributed by atoms with E-state index in [1.807, 2.05) is 18.2 Å². The Hall–Kier alpha value is -1.55. The molecule has 4 nitrogen and oxygen atoms in total. The van der Waals surface area contributed by atoms with Crippen LogP contribution in [-0.4, -0.2) is 33.1 Å². The fraction of sp³-hybridized carbons (Fsp3) is 0.562. The molecule has 0 bridgehead atoms. The quantitative estimate of drug-likeness (QED) is 0.776. The Bertz CT molecular complexity index is 459. The Morgan fingerprint density at radius 3 is 2.90 bits per heavy atom. The van der Waals surface area contributed by atoms with Gasteiger partial charge in [0.15, 0.2) is 0 Å². The third-order valence-corrected chi connectivity index (χ3v) is 3.60. The Morgan fingerprint density at radius 2 is 2.20 bits per heavy atom. The van der Waals surface area contributed by atoms with Crippen molar-refractivity contribution in [1.29, 1.82) is 0 Å². The van der Waals surface area contributed by atoms with Gasteiger partial charge in [0.05, 0.1) is 26.9 Å². The van der Waals surface area contributed by atoms with Crippen molar-refractivity contribution in [1.82, 2.24) is 0 Å². The molecule has 0 aliphatic carbocycles. The van der Waals surface area contributed by atoms with E-state index in [4.69, 9.17) is 14.2 Å². The van der Waals surface area contributed by atoms with Gasteiger partial charge < -0.3 is 14.2 Å². The summed E-state index contributed by atoms with van der Waals surface area (Å²) in [6.45, 7) is 3.59. The molecule has 20 heavy (non-hydrogen) atoms. The fourth-order valence-corrected chi connectivity index (χ4v) is 2.45. The van der Waals surface area contributed by atoms with Gasteiger partial charge in [-0.15, -0.1) is 0 Å². The minimum Gasteiger partial charge on any atom is -0.497 e. The van der Waals surface area contributed by atoms with Crippen LogP contribution in [-0.2, 0) is 11.3 Å². The van der Waals surface area contributed by atoms with Crippen molar-refractivity contribution >= 4 is 6.21 Å². The first-order chi connectivity index (χ1) is 9.72. The lowest BCUT2D eigenvalue weighted by atomic mass is 9.98. The first-order valence-corrected chi connectivity index (χ1v) is 7.05. The summed E-state index contributed by atoms with van der Waals surface area (Å²) >= 11 is 0. The molecule has 110 valence electrons. The molecule has 1 fully saturated rings. The standard InChI is InChI=1S/C16H23NO3/c1-12-8-13(6-7-20-12)10-17-11-14-4-5-15(18-2)9-16(14)19-3/h4-5,9-10,12-13H,6-8,11H2,1-3H3/t12-,13?/m1/s1. The van der Waals surface area contributed by atoms with Crippen molar-refractivity contribution in [3.63, 3.8) is 0 Å². The molecule has 0 radical (unpaired) electrons. The number of rotatable bonds is 5. The molecule has 0 saturated carbocycles. The number of ether oxygens (including phenoxy) is 3. The summed E-state index contributed by atoms with van der Waals surface area (Å²) in [5, 5.41) is 0. The van der Waals surface area contributed by atoms with E-state index >= 15 is 0 Å². The predicted octanol–water partition coefficient (Wildman–Crippen LogP) is 3.09. The van der Waals surface area contributed by atoms with Crippen LogP contribution in [0, 0.1) is 5.92 Å². The molecule has 1 saturated heterocycles. The van der Waals surface area contributed by atoms with Crippen LogP contribution in [0.1, 0.15) is 25.3 Å². The maximum Gasteiger partial charge on any atom is 0.127 e. The molecule has 0 aromatic heterocycles. The maximum atomic E-state index is 5.54. The van der Waals surface area contributed by atoms with Crippen LogP contribution in [0.15, 0.2) is 23.2 Å². The van der Waals surface area contributed by atoms with Gasteiger partial charge in [-0.3, -0.25) is 4.99 Å². The zero-order valence-electron chi connectivity index (χ0n) is 12.5. The summed E-state index contributed by atoms with van der Waals surface area (Å²) < 4.78 is 16.1. The molecular formula is C16H23NO3. The van der Waals surface area contributed by atoms with E-state index in [0.717, 1.165) is 36.5 Å². The van der Waals surface area contributed by atoms with Crippen molar-refractivity contribution in [2.75, 3.05) is 20.8 Å². The number of aliphatic imine (C=N–C) groups is 1. The Labute approximate surface area is 120 Å².